The monoisotopic (exact) mass is 147 g/mol. The van der Waals surface area contributed by atoms with Crippen LogP contribution < -0.4 is 5.73 Å². The van der Waals surface area contributed by atoms with Gasteiger partial charge in [-0.2, -0.15) is 0 Å². The van der Waals surface area contributed by atoms with Gasteiger partial charge >= 0.3 is 5.97 Å². The number of hydrogen-bond donors (Lipinski definition) is 3. The van der Waals surface area contributed by atoms with E-state index in [1.165, 1.54) is 0 Å². The Morgan fingerprint density at radius 1 is 1.70 bits per heavy atom. The lowest BCUT2D eigenvalue weighted by atomic mass is 10.1. The first kappa shape index (κ1) is 9.39. The average Bonchev–Trinajstić information content (AvgIpc) is 1.87. The summed E-state index contributed by atoms with van der Waals surface area (Å²) in [5, 5.41) is 17.3. The van der Waals surface area contributed by atoms with Crippen LogP contribution in [0, 0.1) is 0 Å². The Kier molecular flexibility index (Phi) is 3.99. The molecule has 0 saturated heterocycles. The second-order valence-corrected chi connectivity index (χ2v) is 2.22. The van der Waals surface area contributed by atoms with Crippen molar-refractivity contribution in [3.63, 3.8) is 0 Å². The molecule has 0 saturated carbocycles. The van der Waals surface area contributed by atoms with Gasteiger partial charge < -0.3 is 15.9 Å². The van der Waals surface area contributed by atoms with E-state index >= 15 is 0 Å². The van der Waals surface area contributed by atoms with Crippen molar-refractivity contribution in [1.82, 2.24) is 0 Å². The largest absolute Gasteiger partial charge is 0.480 e. The number of nitrogens with two attached hydrogens (primary N) is 1. The van der Waals surface area contributed by atoms with E-state index in [1.807, 2.05) is 6.92 Å². The van der Waals surface area contributed by atoms with Crippen LogP contribution in [0.4, 0.5) is 0 Å². The van der Waals surface area contributed by atoms with Crippen LogP contribution in [0.3, 0.4) is 0 Å². The zero-order valence-electron chi connectivity index (χ0n) is 5.95. The summed E-state index contributed by atoms with van der Waals surface area (Å²) >= 11 is 0. The summed E-state index contributed by atoms with van der Waals surface area (Å²) in [5.41, 5.74) is 5.10. The Balaban J connectivity index is 3.69. The minimum Gasteiger partial charge on any atom is -0.480 e. The molecule has 0 amide bonds. The smallest absolute Gasteiger partial charge is 0.323 e. The molecule has 0 heterocycles. The molecule has 0 radical (unpaired) electrons. The Morgan fingerprint density at radius 3 is 2.50 bits per heavy atom. The van der Waals surface area contributed by atoms with Crippen LogP contribution in [0.25, 0.3) is 0 Å². The standard InChI is InChI=1S/C6H13NO3/c1-2-3-4(8)5(7)6(9)10/h4-5,8H,2-3,7H2,1H3,(H,9,10)/t4-,5-/m0/s1. The normalized spacial score (nSPS) is 16.3. The molecule has 0 aliphatic heterocycles. The highest BCUT2D eigenvalue weighted by Gasteiger charge is 2.20. The first-order valence-electron chi connectivity index (χ1n) is 3.26. The van der Waals surface area contributed by atoms with Gasteiger partial charge in [0.1, 0.15) is 6.04 Å². The molecule has 0 fully saturated rings. The molecule has 0 aromatic heterocycles. The molecule has 10 heavy (non-hydrogen) atoms. The zero-order valence-corrected chi connectivity index (χ0v) is 5.95. The number of carboxylic acids is 1. The van der Waals surface area contributed by atoms with Gasteiger partial charge in [-0.15, -0.1) is 0 Å². The number of aliphatic hydroxyl groups excluding tert-OH is 1. The van der Waals surface area contributed by atoms with E-state index in [-0.39, 0.29) is 0 Å². The molecule has 0 unspecified atom stereocenters. The van der Waals surface area contributed by atoms with Gasteiger partial charge in [-0.3, -0.25) is 4.79 Å². The summed E-state index contributed by atoms with van der Waals surface area (Å²) in [5.74, 6) is -1.15. The third-order valence-electron chi connectivity index (χ3n) is 1.28. The van der Waals surface area contributed by atoms with E-state index in [9.17, 15) is 4.79 Å². The average molecular weight is 147 g/mol. The van der Waals surface area contributed by atoms with E-state index in [4.69, 9.17) is 15.9 Å². The summed E-state index contributed by atoms with van der Waals surface area (Å²) in [7, 11) is 0. The molecule has 0 rings (SSSR count). The van der Waals surface area contributed by atoms with Crippen molar-refractivity contribution >= 4 is 5.97 Å². The van der Waals surface area contributed by atoms with Crippen molar-refractivity contribution < 1.29 is 15.0 Å². The van der Waals surface area contributed by atoms with Crippen LogP contribution in [0.5, 0.6) is 0 Å². The highest BCUT2D eigenvalue weighted by atomic mass is 16.4. The SMILES string of the molecule is CCC[C@H](O)[C@H](N)C(=O)O. The summed E-state index contributed by atoms with van der Waals surface area (Å²) in [6.07, 6.45) is 0.262. The lowest BCUT2D eigenvalue weighted by molar-refractivity contribution is -0.141. The number of carbonyl (C=O) groups is 1. The van der Waals surface area contributed by atoms with E-state index in [2.05, 4.69) is 0 Å². The van der Waals surface area contributed by atoms with E-state index < -0.39 is 18.1 Å². The van der Waals surface area contributed by atoms with E-state index in [0.29, 0.717) is 6.42 Å². The van der Waals surface area contributed by atoms with Crippen LogP contribution in [-0.4, -0.2) is 28.3 Å². The second kappa shape index (κ2) is 4.24. The van der Waals surface area contributed by atoms with Crippen molar-refractivity contribution in [1.29, 1.82) is 0 Å². The number of rotatable bonds is 4. The van der Waals surface area contributed by atoms with Crippen LogP contribution in [0.1, 0.15) is 19.8 Å². The molecule has 4 nitrogen and oxygen atoms in total. The molecule has 0 aliphatic rings. The molecule has 4 heteroatoms. The first-order valence-corrected chi connectivity index (χ1v) is 3.26. The Morgan fingerprint density at radius 2 is 2.20 bits per heavy atom. The molecule has 60 valence electrons. The highest BCUT2D eigenvalue weighted by Crippen LogP contribution is 1.99. The maximum absolute atomic E-state index is 10.1. The molecular weight excluding hydrogens is 134 g/mol. The number of aliphatic carboxylic acids is 1. The van der Waals surface area contributed by atoms with Crippen LogP contribution in [0.15, 0.2) is 0 Å². The fourth-order valence-corrected chi connectivity index (χ4v) is 0.640. The minimum atomic E-state index is -1.15. The van der Waals surface area contributed by atoms with Gasteiger partial charge in [-0.25, -0.2) is 0 Å². The third-order valence-corrected chi connectivity index (χ3v) is 1.28. The van der Waals surface area contributed by atoms with Crippen molar-refractivity contribution in [2.24, 2.45) is 5.73 Å². The lowest BCUT2D eigenvalue weighted by Gasteiger charge is -2.12. The molecule has 0 spiro atoms. The van der Waals surface area contributed by atoms with Gasteiger partial charge in [0, 0.05) is 0 Å². The summed E-state index contributed by atoms with van der Waals surface area (Å²) in [4.78, 5) is 10.1. The number of aliphatic hydroxyl groups is 1. The minimum absolute atomic E-state index is 0.438. The van der Waals surface area contributed by atoms with Gasteiger partial charge in [0.15, 0.2) is 0 Å². The maximum Gasteiger partial charge on any atom is 0.323 e. The lowest BCUT2D eigenvalue weighted by Crippen LogP contribution is -2.41. The first-order chi connectivity index (χ1) is 4.59. The Hall–Kier alpha value is -0.610. The topological polar surface area (TPSA) is 83.5 Å². The van der Waals surface area contributed by atoms with Crippen LogP contribution >= 0.6 is 0 Å². The number of carboxylic acid groups (broad SMARTS) is 1. The van der Waals surface area contributed by atoms with Gasteiger partial charge in [0.2, 0.25) is 0 Å². The maximum atomic E-state index is 10.1. The predicted octanol–water partition coefficient (Wildman–Crippen LogP) is -0.441. The van der Waals surface area contributed by atoms with Gasteiger partial charge in [-0.05, 0) is 6.42 Å². The van der Waals surface area contributed by atoms with Crippen LogP contribution in [0.2, 0.25) is 0 Å². The molecular formula is C6H13NO3. The van der Waals surface area contributed by atoms with Crippen molar-refractivity contribution in [2.75, 3.05) is 0 Å². The Labute approximate surface area is 59.7 Å². The van der Waals surface area contributed by atoms with E-state index in [0.717, 1.165) is 6.42 Å². The quantitative estimate of drug-likeness (QED) is 0.503. The molecule has 2 atom stereocenters. The van der Waals surface area contributed by atoms with Crippen molar-refractivity contribution in [3.05, 3.63) is 0 Å². The molecule has 0 aromatic rings. The predicted molar refractivity (Wildman–Crippen MR) is 36.5 cm³/mol. The van der Waals surface area contributed by atoms with Crippen molar-refractivity contribution in [3.8, 4) is 0 Å². The third kappa shape index (κ3) is 2.80. The second-order valence-electron chi connectivity index (χ2n) is 2.22. The highest BCUT2D eigenvalue weighted by molar-refractivity contribution is 5.73. The van der Waals surface area contributed by atoms with Gasteiger partial charge in [-0.1, -0.05) is 13.3 Å². The number of hydrogen-bond acceptors (Lipinski definition) is 3. The Bertz CT molecular complexity index is 116. The molecule has 4 N–H and O–H groups in total. The van der Waals surface area contributed by atoms with Crippen LogP contribution in [-0.2, 0) is 4.79 Å². The summed E-state index contributed by atoms with van der Waals surface area (Å²) < 4.78 is 0. The summed E-state index contributed by atoms with van der Waals surface area (Å²) in [6, 6.07) is -1.14. The zero-order chi connectivity index (χ0) is 8.15. The van der Waals surface area contributed by atoms with Crippen molar-refractivity contribution in [2.45, 2.75) is 31.9 Å². The van der Waals surface area contributed by atoms with Gasteiger partial charge in [0.25, 0.3) is 0 Å². The fraction of sp³-hybridized carbons (Fsp3) is 0.833. The molecule has 0 bridgehead atoms. The van der Waals surface area contributed by atoms with Gasteiger partial charge in [0.05, 0.1) is 6.10 Å². The fourth-order valence-electron chi connectivity index (χ4n) is 0.640. The summed E-state index contributed by atoms with van der Waals surface area (Å²) in [6.45, 7) is 1.86. The molecule has 0 aromatic carbocycles. The molecule has 0 aliphatic carbocycles. The van der Waals surface area contributed by atoms with E-state index in [1.54, 1.807) is 0 Å².